The van der Waals surface area contributed by atoms with Crippen molar-refractivity contribution in [2.24, 2.45) is 0 Å². The Hall–Kier alpha value is -2.09. The number of benzene rings is 1. The Bertz CT molecular complexity index is 484. The molecule has 5 nitrogen and oxygen atoms in total. The molecule has 1 unspecified atom stereocenters. The summed E-state index contributed by atoms with van der Waals surface area (Å²) in [5.74, 6) is -2.00. The lowest BCUT2D eigenvalue weighted by Gasteiger charge is -2.09. The molecule has 110 valence electrons. The van der Waals surface area contributed by atoms with Gasteiger partial charge in [0.2, 0.25) is 0 Å². The van der Waals surface area contributed by atoms with Crippen molar-refractivity contribution in [2.45, 2.75) is 19.2 Å². The maximum atomic E-state index is 12.3. The number of alkyl halides is 3. The number of carbonyl (C=O) groups is 2. The van der Waals surface area contributed by atoms with E-state index in [1.165, 1.54) is 6.92 Å². The van der Waals surface area contributed by atoms with E-state index in [1.807, 2.05) is 0 Å². The lowest BCUT2D eigenvalue weighted by molar-refractivity contribution is -0.137. The predicted octanol–water partition coefficient (Wildman–Crippen LogP) is 1.14. The van der Waals surface area contributed by atoms with Crippen molar-refractivity contribution >= 4 is 17.5 Å². The van der Waals surface area contributed by atoms with Crippen LogP contribution < -0.4 is 10.6 Å². The molecule has 2 amide bonds. The third-order valence-corrected chi connectivity index (χ3v) is 2.23. The van der Waals surface area contributed by atoms with Crippen LogP contribution in [0.3, 0.4) is 0 Å². The van der Waals surface area contributed by atoms with Crippen molar-refractivity contribution in [3.05, 3.63) is 29.8 Å². The Labute approximate surface area is 112 Å². The minimum absolute atomic E-state index is 0.0650. The molecule has 0 aliphatic rings. The summed E-state index contributed by atoms with van der Waals surface area (Å²) in [7, 11) is 0. The summed E-state index contributed by atoms with van der Waals surface area (Å²) in [6.45, 7) is 1.33. The maximum Gasteiger partial charge on any atom is 0.416 e. The predicted molar refractivity (Wildman–Crippen MR) is 64.8 cm³/mol. The highest BCUT2D eigenvalue weighted by atomic mass is 19.4. The van der Waals surface area contributed by atoms with Gasteiger partial charge in [0, 0.05) is 12.2 Å². The molecule has 1 rings (SSSR count). The summed E-state index contributed by atoms with van der Waals surface area (Å²) in [4.78, 5) is 22.6. The minimum atomic E-state index is -4.46. The number of carbonyl (C=O) groups excluding carboxylic acids is 2. The van der Waals surface area contributed by atoms with Gasteiger partial charge in [0.15, 0.2) is 0 Å². The average molecular weight is 290 g/mol. The van der Waals surface area contributed by atoms with E-state index in [0.717, 1.165) is 24.3 Å². The van der Waals surface area contributed by atoms with E-state index in [-0.39, 0.29) is 12.2 Å². The molecule has 0 spiro atoms. The highest BCUT2D eigenvalue weighted by Crippen LogP contribution is 2.29. The molecule has 1 aromatic rings. The van der Waals surface area contributed by atoms with Crippen molar-refractivity contribution in [1.29, 1.82) is 0 Å². The van der Waals surface area contributed by atoms with Crippen LogP contribution in [0.2, 0.25) is 0 Å². The van der Waals surface area contributed by atoms with Gasteiger partial charge >= 0.3 is 18.0 Å². The van der Waals surface area contributed by atoms with Crippen molar-refractivity contribution in [2.75, 3.05) is 11.9 Å². The van der Waals surface area contributed by atoms with Crippen LogP contribution in [0.25, 0.3) is 0 Å². The molecule has 1 aromatic carbocycles. The van der Waals surface area contributed by atoms with Crippen LogP contribution in [-0.4, -0.2) is 29.6 Å². The molecule has 0 aromatic heterocycles. The summed E-state index contributed by atoms with van der Waals surface area (Å²) in [5.41, 5.74) is -0.788. The summed E-state index contributed by atoms with van der Waals surface area (Å²) in [5, 5.41) is 13.2. The number of aliphatic hydroxyl groups is 1. The molecule has 0 saturated heterocycles. The summed E-state index contributed by atoms with van der Waals surface area (Å²) in [6, 6.07) is 3.68. The molecule has 0 saturated carbocycles. The smallest absolute Gasteiger partial charge is 0.392 e. The lowest BCUT2D eigenvalue weighted by Crippen LogP contribution is -2.38. The molecular weight excluding hydrogens is 277 g/mol. The van der Waals surface area contributed by atoms with Gasteiger partial charge in [-0.05, 0) is 31.2 Å². The number of aliphatic hydroxyl groups excluding tert-OH is 1. The number of rotatable bonds is 3. The van der Waals surface area contributed by atoms with E-state index in [0.29, 0.717) is 0 Å². The lowest BCUT2D eigenvalue weighted by atomic mass is 10.2. The number of hydrogen-bond acceptors (Lipinski definition) is 3. The number of amides is 2. The summed E-state index contributed by atoms with van der Waals surface area (Å²) < 4.78 is 36.9. The number of anilines is 1. The normalized spacial score (nSPS) is 12.7. The van der Waals surface area contributed by atoms with E-state index in [9.17, 15) is 22.8 Å². The van der Waals surface area contributed by atoms with Crippen LogP contribution in [0.1, 0.15) is 12.5 Å². The number of nitrogens with one attached hydrogen (secondary N) is 2. The highest BCUT2D eigenvalue weighted by molar-refractivity contribution is 6.39. The third-order valence-electron chi connectivity index (χ3n) is 2.23. The van der Waals surface area contributed by atoms with E-state index in [4.69, 9.17) is 5.11 Å². The summed E-state index contributed by atoms with van der Waals surface area (Å²) >= 11 is 0. The molecule has 0 aliphatic heterocycles. The topological polar surface area (TPSA) is 78.4 Å². The monoisotopic (exact) mass is 290 g/mol. The molecule has 0 bridgehead atoms. The Morgan fingerprint density at radius 3 is 2.20 bits per heavy atom. The molecule has 0 radical (unpaired) electrons. The van der Waals surface area contributed by atoms with Gasteiger partial charge in [0.25, 0.3) is 0 Å². The van der Waals surface area contributed by atoms with E-state index >= 15 is 0 Å². The third kappa shape index (κ3) is 4.88. The van der Waals surface area contributed by atoms with Gasteiger partial charge in [0.05, 0.1) is 11.7 Å². The van der Waals surface area contributed by atoms with Crippen molar-refractivity contribution in [1.82, 2.24) is 5.32 Å². The van der Waals surface area contributed by atoms with Crippen molar-refractivity contribution in [3.63, 3.8) is 0 Å². The number of hydrogen-bond donors (Lipinski definition) is 3. The first-order valence-corrected chi connectivity index (χ1v) is 5.64. The van der Waals surface area contributed by atoms with Crippen LogP contribution in [0.15, 0.2) is 24.3 Å². The Morgan fingerprint density at radius 1 is 1.20 bits per heavy atom. The first-order valence-electron chi connectivity index (χ1n) is 5.64. The van der Waals surface area contributed by atoms with E-state index in [1.54, 1.807) is 0 Å². The molecule has 1 atom stereocenters. The Morgan fingerprint density at radius 2 is 1.75 bits per heavy atom. The van der Waals surface area contributed by atoms with Gasteiger partial charge in [-0.1, -0.05) is 0 Å². The molecule has 0 heterocycles. The zero-order valence-corrected chi connectivity index (χ0v) is 10.5. The highest BCUT2D eigenvalue weighted by Gasteiger charge is 2.30. The average Bonchev–Trinajstić information content (AvgIpc) is 2.35. The maximum absolute atomic E-state index is 12.3. The van der Waals surface area contributed by atoms with Gasteiger partial charge in [-0.2, -0.15) is 13.2 Å². The molecule has 8 heteroatoms. The fraction of sp³-hybridized carbons (Fsp3) is 0.333. The van der Waals surface area contributed by atoms with Crippen molar-refractivity contribution < 1.29 is 27.9 Å². The second-order valence-electron chi connectivity index (χ2n) is 4.09. The van der Waals surface area contributed by atoms with Crippen LogP contribution in [0.5, 0.6) is 0 Å². The van der Waals surface area contributed by atoms with Crippen LogP contribution in [-0.2, 0) is 15.8 Å². The van der Waals surface area contributed by atoms with Crippen molar-refractivity contribution in [3.8, 4) is 0 Å². The molecule has 0 fully saturated rings. The summed E-state index contributed by atoms with van der Waals surface area (Å²) in [6.07, 6.45) is -5.27. The Balaban J connectivity index is 2.60. The van der Waals surface area contributed by atoms with E-state index < -0.39 is 29.7 Å². The fourth-order valence-corrected chi connectivity index (χ4v) is 1.25. The SMILES string of the molecule is CC(O)CNC(=O)C(=O)Nc1ccc(C(F)(F)F)cc1. The quantitative estimate of drug-likeness (QED) is 0.730. The molecule has 20 heavy (non-hydrogen) atoms. The first kappa shape index (κ1) is 16.0. The first-order chi connectivity index (χ1) is 9.20. The standard InChI is InChI=1S/C12H13F3N2O3/c1-7(18)6-16-10(19)11(20)17-9-4-2-8(3-5-9)12(13,14)15/h2-5,7,18H,6H2,1H3,(H,16,19)(H,17,20). The minimum Gasteiger partial charge on any atom is -0.392 e. The zero-order valence-electron chi connectivity index (χ0n) is 10.5. The van der Waals surface area contributed by atoms with Gasteiger partial charge < -0.3 is 15.7 Å². The van der Waals surface area contributed by atoms with Crippen LogP contribution in [0, 0.1) is 0 Å². The van der Waals surface area contributed by atoms with Gasteiger partial charge in [-0.25, -0.2) is 0 Å². The van der Waals surface area contributed by atoms with Gasteiger partial charge in [-0.15, -0.1) is 0 Å². The molecular formula is C12H13F3N2O3. The molecule has 3 N–H and O–H groups in total. The van der Waals surface area contributed by atoms with E-state index in [2.05, 4.69) is 10.6 Å². The molecule has 0 aliphatic carbocycles. The van der Waals surface area contributed by atoms with Crippen LogP contribution >= 0.6 is 0 Å². The van der Waals surface area contributed by atoms with Gasteiger partial charge in [-0.3, -0.25) is 9.59 Å². The van der Waals surface area contributed by atoms with Crippen LogP contribution in [0.4, 0.5) is 18.9 Å². The van der Waals surface area contributed by atoms with Gasteiger partial charge in [0.1, 0.15) is 0 Å². The largest absolute Gasteiger partial charge is 0.416 e. The zero-order chi connectivity index (χ0) is 15.3. The Kier molecular flexibility index (Phi) is 5.09. The second-order valence-corrected chi connectivity index (χ2v) is 4.09. The fourth-order valence-electron chi connectivity index (χ4n) is 1.25. The second kappa shape index (κ2) is 6.38. The number of halogens is 3.